The van der Waals surface area contributed by atoms with Crippen LogP contribution in [0.3, 0.4) is 0 Å². The molecule has 0 N–H and O–H groups in total. The van der Waals surface area contributed by atoms with Gasteiger partial charge in [-0.2, -0.15) is 0 Å². The second-order valence-electron chi connectivity index (χ2n) is 4.71. The summed E-state index contributed by atoms with van der Waals surface area (Å²) in [4.78, 5) is 20.3. The van der Waals surface area contributed by atoms with Crippen molar-refractivity contribution in [2.75, 3.05) is 18.0 Å². The van der Waals surface area contributed by atoms with E-state index in [1.807, 2.05) is 4.90 Å². The third-order valence-corrected chi connectivity index (χ3v) is 3.48. The van der Waals surface area contributed by atoms with E-state index in [1.165, 1.54) is 25.4 Å². The molecule has 0 saturated carbocycles. The highest BCUT2D eigenvalue weighted by Crippen LogP contribution is 2.29. The van der Waals surface area contributed by atoms with E-state index < -0.39 is 4.92 Å². The lowest BCUT2D eigenvalue weighted by Crippen LogP contribution is -2.34. The van der Waals surface area contributed by atoms with Crippen LogP contribution in [0.4, 0.5) is 11.5 Å². The molecule has 0 spiro atoms. The smallest absolute Gasteiger partial charge is 0.329 e. The molecule has 1 aromatic heterocycles. The lowest BCUT2D eigenvalue weighted by Gasteiger charge is -2.32. The zero-order chi connectivity index (χ0) is 13.0. The van der Waals surface area contributed by atoms with Crippen LogP contribution in [0.1, 0.15) is 32.6 Å². The summed E-state index contributed by atoms with van der Waals surface area (Å²) in [5.74, 6) is 1.22. The van der Waals surface area contributed by atoms with Crippen LogP contribution in [-0.2, 0) is 0 Å². The molecule has 18 heavy (non-hydrogen) atoms. The Morgan fingerprint density at radius 2 is 2.22 bits per heavy atom. The van der Waals surface area contributed by atoms with Crippen molar-refractivity contribution in [2.24, 2.45) is 5.92 Å². The summed E-state index contributed by atoms with van der Waals surface area (Å²) in [6, 6.07) is 0. The second kappa shape index (κ2) is 5.75. The van der Waals surface area contributed by atoms with Crippen LogP contribution in [0.2, 0.25) is 0 Å². The van der Waals surface area contributed by atoms with E-state index in [2.05, 4.69) is 16.9 Å². The molecule has 0 atom stereocenters. The van der Waals surface area contributed by atoms with Crippen molar-refractivity contribution in [3.8, 4) is 0 Å². The highest BCUT2D eigenvalue weighted by molar-refractivity contribution is 5.56. The minimum atomic E-state index is -0.409. The highest BCUT2D eigenvalue weighted by atomic mass is 16.6. The van der Waals surface area contributed by atoms with Crippen molar-refractivity contribution in [1.29, 1.82) is 0 Å². The molecule has 1 aliphatic rings. The third kappa shape index (κ3) is 2.75. The molecular formula is C12H18N4O2. The summed E-state index contributed by atoms with van der Waals surface area (Å²) in [6.45, 7) is 3.90. The normalized spacial score (nSPS) is 16.8. The van der Waals surface area contributed by atoms with E-state index >= 15 is 0 Å². The van der Waals surface area contributed by atoms with Crippen molar-refractivity contribution < 1.29 is 4.92 Å². The molecule has 0 aliphatic carbocycles. The molecular weight excluding hydrogens is 232 g/mol. The minimum absolute atomic E-state index is 0.00596. The van der Waals surface area contributed by atoms with Crippen LogP contribution in [0.5, 0.6) is 0 Å². The monoisotopic (exact) mass is 250 g/mol. The van der Waals surface area contributed by atoms with Gasteiger partial charge < -0.3 is 4.90 Å². The van der Waals surface area contributed by atoms with Crippen LogP contribution in [-0.4, -0.2) is 28.0 Å². The van der Waals surface area contributed by atoms with Gasteiger partial charge in [-0.15, -0.1) is 0 Å². The number of aromatic nitrogens is 2. The lowest BCUT2D eigenvalue weighted by atomic mass is 9.92. The van der Waals surface area contributed by atoms with Crippen LogP contribution < -0.4 is 4.90 Å². The molecule has 1 saturated heterocycles. The molecule has 0 aromatic carbocycles. The number of hydrogen-bond acceptors (Lipinski definition) is 5. The molecule has 98 valence electrons. The Morgan fingerprint density at radius 1 is 1.50 bits per heavy atom. The Balaban J connectivity index is 2.07. The first kappa shape index (κ1) is 12.7. The zero-order valence-electron chi connectivity index (χ0n) is 10.6. The first-order valence-electron chi connectivity index (χ1n) is 6.41. The van der Waals surface area contributed by atoms with Crippen molar-refractivity contribution in [3.05, 3.63) is 22.6 Å². The summed E-state index contributed by atoms with van der Waals surface area (Å²) in [5.41, 5.74) is 0.00596. The Kier molecular flexibility index (Phi) is 4.07. The van der Waals surface area contributed by atoms with E-state index in [1.54, 1.807) is 0 Å². The third-order valence-electron chi connectivity index (χ3n) is 3.48. The molecule has 1 fully saturated rings. The highest BCUT2D eigenvalue weighted by Gasteiger charge is 2.25. The molecule has 1 aliphatic heterocycles. The van der Waals surface area contributed by atoms with E-state index in [0.29, 0.717) is 5.82 Å². The molecule has 0 bridgehead atoms. The Morgan fingerprint density at radius 3 is 2.83 bits per heavy atom. The van der Waals surface area contributed by atoms with Gasteiger partial charge in [0.05, 0.1) is 4.92 Å². The first-order chi connectivity index (χ1) is 8.72. The van der Waals surface area contributed by atoms with Crippen molar-refractivity contribution in [2.45, 2.75) is 32.6 Å². The summed E-state index contributed by atoms with van der Waals surface area (Å²) in [6.07, 6.45) is 7.29. The van der Waals surface area contributed by atoms with Crippen LogP contribution in [0.15, 0.2) is 12.5 Å². The minimum Gasteiger partial charge on any atom is -0.351 e. The quantitative estimate of drug-likeness (QED) is 0.606. The Hall–Kier alpha value is -1.72. The van der Waals surface area contributed by atoms with Gasteiger partial charge in [0.25, 0.3) is 0 Å². The number of nitro groups is 1. The van der Waals surface area contributed by atoms with Gasteiger partial charge in [0.1, 0.15) is 12.5 Å². The first-order valence-corrected chi connectivity index (χ1v) is 6.41. The van der Waals surface area contributed by atoms with Crippen LogP contribution in [0, 0.1) is 16.0 Å². The fourth-order valence-electron chi connectivity index (χ4n) is 2.53. The topological polar surface area (TPSA) is 72.2 Å². The summed E-state index contributed by atoms with van der Waals surface area (Å²) in [5, 5.41) is 10.9. The van der Waals surface area contributed by atoms with Crippen molar-refractivity contribution >= 4 is 11.5 Å². The molecule has 1 aromatic rings. The molecule has 0 amide bonds. The van der Waals surface area contributed by atoms with Gasteiger partial charge in [0.15, 0.2) is 0 Å². The number of rotatable bonds is 4. The maximum atomic E-state index is 10.9. The van der Waals surface area contributed by atoms with Gasteiger partial charge in [-0.1, -0.05) is 19.8 Å². The molecule has 6 nitrogen and oxygen atoms in total. The fraction of sp³-hybridized carbons (Fsp3) is 0.667. The van der Waals surface area contributed by atoms with E-state index in [9.17, 15) is 10.1 Å². The average Bonchev–Trinajstić information content (AvgIpc) is 2.40. The fourth-order valence-corrected chi connectivity index (χ4v) is 2.53. The van der Waals surface area contributed by atoms with E-state index in [4.69, 9.17) is 0 Å². The van der Waals surface area contributed by atoms with Gasteiger partial charge >= 0.3 is 5.69 Å². The summed E-state index contributed by atoms with van der Waals surface area (Å²) in [7, 11) is 0. The van der Waals surface area contributed by atoms with Crippen molar-refractivity contribution in [3.63, 3.8) is 0 Å². The molecule has 2 heterocycles. The maximum Gasteiger partial charge on any atom is 0.329 e. The van der Waals surface area contributed by atoms with E-state index in [-0.39, 0.29) is 5.69 Å². The molecule has 0 radical (unpaired) electrons. The number of anilines is 1. The summed E-state index contributed by atoms with van der Waals surface area (Å²) < 4.78 is 0. The van der Waals surface area contributed by atoms with Gasteiger partial charge in [-0.05, 0) is 18.8 Å². The largest absolute Gasteiger partial charge is 0.351 e. The summed E-state index contributed by atoms with van der Waals surface area (Å²) >= 11 is 0. The predicted octanol–water partition coefficient (Wildman–Crippen LogP) is 2.40. The number of nitrogens with zero attached hydrogens (tertiary/aromatic N) is 4. The number of piperidine rings is 1. The SMILES string of the molecule is CCCC1CCN(c2ncncc2[N+](=O)[O-])CC1. The molecule has 2 rings (SSSR count). The van der Waals surface area contributed by atoms with Gasteiger partial charge in [0, 0.05) is 13.1 Å². The van der Waals surface area contributed by atoms with Crippen LogP contribution in [0.25, 0.3) is 0 Å². The standard InChI is InChI=1S/C12H18N4O2/c1-2-3-10-4-6-15(7-5-10)12-11(16(17)18)8-13-9-14-12/h8-10H,2-7H2,1H3. The lowest BCUT2D eigenvalue weighted by molar-refractivity contribution is -0.384. The van der Waals surface area contributed by atoms with Crippen LogP contribution >= 0.6 is 0 Å². The van der Waals surface area contributed by atoms with E-state index in [0.717, 1.165) is 31.8 Å². The number of hydrogen-bond donors (Lipinski definition) is 0. The van der Waals surface area contributed by atoms with Crippen molar-refractivity contribution in [1.82, 2.24) is 9.97 Å². The van der Waals surface area contributed by atoms with Gasteiger partial charge in [-0.25, -0.2) is 9.97 Å². The zero-order valence-corrected chi connectivity index (χ0v) is 10.6. The maximum absolute atomic E-state index is 10.9. The van der Waals surface area contributed by atoms with Gasteiger partial charge in [0.2, 0.25) is 5.82 Å². The molecule has 6 heteroatoms. The Labute approximate surface area is 106 Å². The second-order valence-corrected chi connectivity index (χ2v) is 4.71. The Bertz CT molecular complexity index is 416. The van der Waals surface area contributed by atoms with Gasteiger partial charge in [-0.3, -0.25) is 10.1 Å². The predicted molar refractivity (Wildman–Crippen MR) is 68.5 cm³/mol. The molecule has 0 unspecified atom stereocenters. The average molecular weight is 250 g/mol.